The molecule has 0 aliphatic heterocycles. The molecular weight excluding hydrogens is 240 g/mol. The Morgan fingerprint density at radius 1 is 1.21 bits per heavy atom. The molecule has 0 fully saturated rings. The van der Waals surface area contributed by atoms with Crippen LogP contribution < -0.4 is 0 Å². The van der Waals surface area contributed by atoms with E-state index in [4.69, 9.17) is 14.7 Å². The first-order chi connectivity index (χ1) is 6.12. The van der Waals surface area contributed by atoms with E-state index < -0.39 is 15.6 Å². The lowest BCUT2D eigenvalue weighted by molar-refractivity contribution is 0.167. The molecule has 0 bridgehead atoms. The molecule has 1 atom stereocenters. The molecule has 0 amide bonds. The Labute approximate surface area is 81.3 Å². The standard InChI is InChI=1S/C4H13NO7P2/c1-5(2)3-4-11-14(9,10)12-13(6,7)8/h3-4H2,1-2H3,(H,9,10)(H2,6,7,8)/i3+2,4+2. The van der Waals surface area contributed by atoms with Crippen LogP contribution in [0.3, 0.4) is 0 Å². The van der Waals surface area contributed by atoms with E-state index in [1.54, 1.807) is 19.0 Å². The normalized spacial score (nSPS) is 17.0. The SMILES string of the molecule is CN(C)[14CH2][14CH2]OP(=O)(O)OP(=O)(O)O. The smallest absolute Gasteiger partial charge is 0.307 e. The van der Waals surface area contributed by atoms with Gasteiger partial charge in [0.25, 0.3) is 0 Å². The van der Waals surface area contributed by atoms with Crippen LogP contribution in [0.25, 0.3) is 0 Å². The first-order valence-electron chi connectivity index (χ1n) is 3.51. The van der Waals surface area contributed by atoms with E-state index in [1.165, 1.54) is 0 Å². The molecule has 10 heteroatoms. The van der Waals surface area contributed by atoms with Crippen molar-refractivity contribution in [3.05, 3.63) is 0 Å². The molecule has 0 aromatic heterocycles. The molecule has 0 aromatic carbocycles. The summed E-state index contributed by atoms with van der Waals surface area (Å²) < 4.78 is 28.8. The Morgan fingerprint density at radius 3 is 2.07 bits per heavy atom. The summed E-state index contributed by atoms with van der Waals surface area (Å²) in [5.74, 6) is 0. The van der Waals surface area contributed by atoms with Crippen LogP contribution in [-0.2, 0) is 18.0 Å². The van der Waals surface area contributed by atoms with Crippen LogP contribution in [0.1, 0.15) is 0 Å². The Hall–Kier alpha value is 0.220. The third-order valence-corrected chi connectivity index (χ3v) is 3.19. The third-order valence-electron chi connectivity index (χ3n) is 1.00. The molecule has 0 spiro atoms. The van der Waals surface area contributed by atoms with Gasteiger partial charge in [-0.3, -0.25) is 4.52 Å². The molecule has 3 N–H and O–H groups in total. The topological polar surface area (TPSA) is 117 Å². The minimum atomic E-state index is -5.00. The largest absolute Gasteiger partial charge is 0.481 e. The van der Waals surface area contributed by atoms with E-state index in [0.29, 0.717) is 6.54 Å². The van der Waals surface area contributed by atoms with Crippen molar-refractivity contribution < 1.29 is 32.6 Å². The highest BCUT2D eigenvalue weighted by Crippen LogP contribution is 2.57. The molecule has 0 aliphatic rings. The molecule has 0 aromatic rings. The van der Waals surface area contributed by atoms with Crippen LogP contribution in [0.2, 0.25) is 0 Å². The van der Waals surface area contributed by atoms with Gasteiger partial charge in [-0.2, -0.15) is 4.31 Å². The van der Waals surface area contributed by atoms with Crippen LogP contribution in [0, 0.1) is 0 Å². The van der Waals surface area contributed by atoms with Gasteiger partial charge in [0.15, 0.2) is 0 Å². The Kier molecular flexibility index (Phi) is 5.43. The summed E-state index contributed by atoms with van der Waals surface area (Å²) in [6.45, 7) is 0.163. The molecule has 8 nitrogen and oxygen atoms in total. The zero-order valence-electron chi connectivity index (χ0n) is 7.73. The fourth-order valence-electron chi connectivity index (χ4n) is 0.497. The van der Waals surface area contributed by atoms with Crippen molar-refractivity contribution in [1.29, 1.82) is 0 Å². The maximum Gasteiger partial charge on any atom is 0.481 e. The van der Waals surface area contributed by atoms with Gasteiger partial charge in [-0.15, -0.1) is 0 Å². The van der Waals surface area contributed by atoms with Crippen LogP contribution in [0.15, 0.2) is 0 Å². The second kappa shape index (κ2) is 5.34. The first kappa shape index (κ1) is 14.2. The van der Waals surface area contributed by atoms with Crippen molar-refractivity contribution >= 4 is 15.6 Å². The van der Waals surface area contributed by atoms with Gasteiger partial charge in [0.05, 0.1) is 6.61 Å². The minimum Gasteiger partial charge on any atom is -0.307 e. The monoisotopic (exact) mass is 253 g/mol. The number of rotatable bonds is 6. The highest BCUT2D eigenvalue weighted by molar-refractivity contribution is 7.60. The number of hydrogen-bond donors (Lipinski definition) is 3. The Balaban J connectivity index is 3.97. The molecule has 0 aliphatic carbocycles. The Morgan fingerprint density at radius 2 is 1.71 bits per heavy atom. The minimum absolute atomic E-state index is 0.166. The van der Waals surface area contributed by atoms with Gasteiger partial charge in [0, 0.05) is 6.54 Å². The highest BCUT2D eigenvalue weighted by atomic mass is 31.3. The van der Waals surface area contributed by atoms with Crippen LogP contribution in [0.4, 0.5) is 0 Å². The number of likely N-dealkylation sites (N-methyl/N-ethyl adjacent to an activating group) is 1. The highest BCUT2D eigenvalue weighted by Gasteiger charge is 2.31. The van der Waals surface area contributed by atoms with E-state index in [0.717, 1.165) is 0 Å². The molecular formula is C4H13NO7P2. The van der Waals surface area contributed by atoms with Crippen molar-refractivity contribution in [1.82, 2.24) is 4.90 Å². The van der Waals surface area contributed by atoms with Gasteiger partial charge >= 0.3 is 15.6 Å². The van der Waals surface area contributed by atoms with E-state index in [-0.39, 0.29) is 6.61 Å². The molecule has 0 saturated carbocycles. The summed E-state index contributed by atoms with van der Waals surface area (Å²) >= 11 is 0. The molecule has 1 unspecified atom stereocenters. The van der Waals surface area contributed by atoms with Crippen molar-refractivity contribution in [2.75, 3.05) is 27.2 Å². The van der Waals surface area contributed by atoms with E-state index in [1.807, 2.05) is 0 Å². The third kappa shape index (κ3) is 8.80. The van der Waals surface area contributed by atoms with Crippen LogP contribution in [-0.4, -0.2) is 46.8 Å². The number of nitrogens with zero attached hydrogens (tertiary/aromatic N) is 1. The van der Waals surface area contributed by atoms with Gasteiger partial charge in [0.1, 0.15) is 0 Å². The fourth-order valence-corrected chi connectivity index (χ4v) is 2.07. The molecule has 0 rings (SSSR count). The van der Waals surface area contributed by atoms with Crippen molar-refractivity contribution in [2.45, 2.75) is 0 Å². The van der Waals surface area contributed by atoms with Gasteiger partial charge in [0.2, 0.25) is 0 Å². The number of phosphoric ester groups is 1. The van der Waals surface area contributed by atoms with Crippen LogP contribution in [0.5, 0.6) is 0 Å². The average molecular weight is 253 g/mol. The zero-order valence-corrected chi connectivity index (χ0v) is 9.52. The molecule has 86 valence electrons. The van der Waals surface area contributed by atoms with Crippen LogP contribution >= 0.6 is 15.6 Å². The lowest BCUT2D eigenvalue weighted by Crippen LogP contribution is -2.17. The lowest BCUT2D eigenvalue weighted by Gasteiger charge is -2.14. The lowest BCUT2D eigenvalue weighted by atomic mass is 11.2. The predicted molar refractivity (Wildman–Crippen MR) is 47.5 cm³/mol. The first-order valence-corrected chi connectivity index (χ1v) is 6.54. The van der Waals surface area contributed by atoms with Gasteiger partial charge in [-0.1, -0.05) is 0 Å². The second-order valence-corrected chi connectivity index (χ2v) is 5.51. The maximum absolute atomic E-state index is 10.8. The molecule has 0 saturated heterocycles. The predicted octanol–water partition coefficient (Wildman–Crippen LogP) is -0.226. The Bertz CT molecular complexity index is 260. The fraction of sp³-hybridized carbons (Fsp3) is 1.00. The molecule has 0 radical (unpaired) electrons. The van der Waals surface area contributed by atoms with Crippen molar-refractivity contribution in [2.24, 2.45) is 0 Å². The van der Waals surface area contributed by atoms with Crippen molar-refractivity contribution in [3.63, 3.8) is 0 Å². The van der Waals surface area contributed by atoms with Crippen molar-refractivity contribution in [3.8, 4) is 0 Å². The van der Waals surface area contributed by atoms with Gasteiger partial charge < -0.3 is 19.6 Å². The summed E-state index contributed by atoms with van der Waals surface area (Å²) in [5, 5.41) is 0. The molecule has 14 heavy (non-hydrogen) atoms. The maximum atomic E-state index is 10.8. The average Bonchev–Trinajstić information content (AvgIpc) is 1.78. The number of hydrogen-bond acceptors (Lipinski definition) is 5. The van der Waals surface area contributed by atoms with E-state index >= 15 is 0 Å². The molecule has 0 heterocycles. The second-order valence-electron chi connectivity index (χ2n) is 2.68. The van der Waals surface area contributed by atoms with E-state index in [2.05, 4.69) is 8.83 Å². The quantitative estimate of drug-likeness (QED) is 0.556. The van der Waals surface area contributed by atoms with Gasteiger partial charge in [-0.25, -0.2) is 9.13 Å². The summed E-state index contributed by atoms with van der Waals surface area (Å²) in [6, 6.07) is 0. The summed E-state index contributed by atoms with van der Waals surface area (Å²) in [6.07, 6.45) is 0. The number of phosphoric acid groups is 2. The summed E-state index contributed by atoms with van der Waals surface area (Å²) in [7, 11) is -6.26. The summed E-state index contributed by atoms with van der Waals surface area (Å²) in [5.41, 5.74) is 0. The van der Waals surface area contributed by atoms with Gasteiger partial charge in [-0.05, 0) is 14.1 Å². The zero-order chi connectivity index (χ0) is 11.4. The summed E-state index contributed by atoms with van der Waals surface area (Å²) in [4.78, 5) is 26.9. The van der Waals surface area contributed by atoms with E-state index in [9.17, 15) is 9.13 Å².